The summed E-state index contributed by atoms with van der Waals surface area (Å²) in [6, 6.07) is 0. The largest absolute Gasteiger partial charge is 1.00 e. The zero-order valence-electron chi connectivity index (χ0n) is 30.9. The lowest BCUT2D eigenvalue weighted by atomic mass is 10.1. The summed E-state index contributed by atoms with van der Waals surface area (Å²) in [5, 5.41) is 22.0. The molecule has 0 aliphatic carbocycles. The van der Waals surface area contributed by atoms with Crippen molar-refractivity contribution in [3.8, 4) is 0 Å². The average Bonchev–Trinajstić information content (AvgIpc) is 2.90. The highest BCUT2D eigenvalue weighted by atomic mass is 35.5. The molecule has 0 fully saturated rings. The van der Waals surface area contributed by atoms with E-state index in [0.717, 1.165) is 48.1 Å². The smallest absolute Gasteiger partial charge is 0.115 e. The molecule has 7 heteroatoms. The summed E-state index contributed by atoms with van der Waals surface area (Å²) in [5.41, 5.74) is 0. The number of aliphatic hydroxyl groups is 2. The van der Waals surface area contributed by atoms with Crippen LogP contribution in [0.2, 0.25) is 0 Å². The van der Waals surface area contributed by atoms with Crippen LogP contribution in [0.25, 0.3) is 0 Å². The van der Waals surface area contributed by atoms with Gasteiger partial charge in [-0.1, -0.05) is 124 Å². The Morgan fingerprint density at radius 2 is 0.705 bits per heavy atom. The van der Waals surface area contributed by atoms with E-state index in [9.17, 15) is 10.2 Å². The maximum atomic E-state index is 11.0. The number of halogens is 2. The van der Waals surface area contributed by atoms with Crippen LogP contribution in [-0.2, 0) is 0 Å². The molecule has 0 rings (SSSR count). The van der Waals surface area contributed by atoms with E-state index in [1.165, 1.54) is 128 Å². The van der Waals surface area contributed by atoms with Gasteiger partial charge in [-0.3, -0.25) is 4.90 Å². The molecule has 2 N–H and O–H groups in total. The van der Waals surface area contributed by atoms with Crippen molar-refractivity contribution in [3.63, 3.8) is 0 Å². The molecule has 0 aromatic carbocycles. The lowest BCUT2D eigenvalue weighted by Gasteiger charge is -2.36. The number of quaternary nitrogens is 2. The highest BCUT2D eigenvalue weighted by molar-refractivity contribution is 4.69. The lowest BCUT2D eigenvalue weighted by Crippen LogP contribution is -3.00. The molecular formula is C37H81Cl2N3O2. The number of nitrogens with zero attached hydrogens (tertiary/aromatic N) is 3. The maximum Gasteiger partial charge on any atom is 0.115 e. The van der Waals surface area contributed by atoms with E-state index in [1.54, 1.807) is 0 Å². The van der Waals surface area contributed by atoms with Gasteiger partial charge in [0.15, 0.2) is 0 Å². The summed E-state index contributed by atoms with van der Waals surface area (Å²) in [6.45, 7) is 12.9. The Labute approximate surface area is 289 Å². The molecule has 0 spiro atoms. The number of likely N-dealkylation sites (N-methyl/N-ethyl adjacent to an activating group) is 2. The molecule has 0 aliphatic heterocycles. The summed E-state index contributed by atoms with van der Waals surface area (Å²) in [6.07, 6.45) is 27.7. The molecule has 0 bridgehead atoms. The number of hydrogen-bond donors (Lipinski definition) is 2. The number of rotatable bonds is 32. The summed E-state index contributed by atoms with van der Waals surface area (Å²) in [4.78, 5) is 2.30. The summed E-state index contributed by atoms with van der Waals surface area (Å²) in [7, 11) is 9.07. The Balaban J connectivity index is -0.00000840. The normalized spacial score (nSPS) is 13.5. The zero-order valence-corrected chi connectivity index (χ0v) is 32.5. The Morgan fingerprint density at radius 3 is 0.977 bits per heavy atom. The Bertz CT molecular complexity index is 535. The number of unbranched alkanes of at least 4 members (excludes halogenated alkanes) is 18. The van der Waals surface area contributed by atoms with Crippen LogP contribution in [0.4, 0.5) is 0 Å². The van der Waals surface area contributed by atoms with Crippen molar-refractivity contribution in [2.45, 2.75) is 168 Å². The third-order valence-electron chi connectivity index (χ3n) is 9.12. The number of hydrogen-bond acceptors (Lipinski definition) is 3. The van der Waals surface area contributed by atoms with Gasteiger partial charge >= 0.3 is 0 Å². The molecular weight excluding hydrogens is 589 g/mol. The van der Waals surface area contributed by atoms with E-state index in [2.05, 4.69) is 53.9 Å². The minimum Gasteiger partial charge on any atom is -1.00 e. The van der Waals surface area contributed by atoms with E-state index in [1.807, 2.05) is 0 Å². The third kappa shape index (κ3) is 32.3. The zero-order chi connectivity index (χ0) is 31.5. The summed E-state index contributed by atoms with van der Waals surface area (Å²) in [5.74, 6) is 0. The van der Waals surface area contributed by atoms with Crippen LogP contribution in [0.15, 0.2) is 0 Å². The van der Waals surface area contributed by atoms with Gasteiger partial charge < -0.3 is 44.0 Å². The van der Waals surface area contributed by atoms with Crippen LogP contribution < -0.4 is 24.8 Å². The second-order valence-electron chi connectivity index (χ2n) is 15.1. The molecule has 2 unspecified atom stereocenters. The van der Waals surface area contributed by atoms with Crippen LogP contribution in [-0.4, -0.2) is 110 Å². The van der Waals surface area contributed by atoms with Crippen molar-refractivity contribution in [3.05, 3.63) is 0 Å². The second kappa shape index (κ2) is 32.0. The Hall–Kier alpha value is 0.380. The van der Waals surface area contributed by atoms with Crippen molar-refractivity contribution in [1.82, 2.24) is 4.90 Å². The first-order valence-corrected chi connectivity index (χ1v) is 18.8. The Morgan fingerprint density at radius 1 is 0.432 bits per heavy atom. The fourth-order valence-corrected chi connectivity index (χ4v) is 6.66. The topological polar surface area (TPSA) is 43.7 Å². The van der Waals surface area contributed by atoms with Crippen molar-refractivity contribution in [2.75, 3.05) is 74.0 Å². The molecule has 270 valence electrons. The van der Waals surface area contributed by atoms with Gasteiger partial charge in [-0.25, -0.2) is 0 Å². The van der Waals surface area contributed by atoms with Gasteiger partial charge in [-0.15, -0.1) is 0 Å². The quantitative estimate of drug-likeness (QED) is 0.0855. The molecule has 0 saturated carbocycles. The molecule has 44 heavy (non-hydrogen) atoms. The highest BCUT2D eigenvalue weighted by Gasteiger charge is 2.25. The van der Waals surface area contributed by atoms with Gasteiger partial charge in [0.05, 0.1) is 41.3 Å². The first kappa shape index (κ1) is 48.8. The van der Waals surface area contributed by atoms with Crippen molar-refractivity contribution in [1.29, 1.82) is 0 Å². The van der Waals surface area contributed by atoms with Crippen LogP contribution in [0.5, 0.6) is 0 Å². The molecule has 0 heterocycles. The van der Waals surface area contributed by atoms with Crippen LogP contribution >= 0.6 is 0 Å². The molecule has 0 amide bonds. The Kier molecular flexibility index (Phi) is 35.4. The summed E-state index contributed by atoms with van der Waals surface area (Å²) < 4.78 is 1.76. The highest BCUT2D eigenvalue weighted by Crippen LogP contribution is 2.14. The SMILES string of the molecule is CCCCCCCCCCCC[N+](C)(C)CC(O)CN(CCC)CC(O)C[N+](C)(C)CCCCCCCCCCCC.[Cl-].[Cl-]. The first-order chi connectivity index (χ1) is 20.0. The predicted molar refractivity (Wildman–Crippen MR) is 186 cm³/mol. The maximum absolute atomic E-state index is 11.0. The van der Waals surface area contributed by atoms with Gasteiger partial charge in [0, 0.05) is 13.1 Å². The van der Waals surface area contributed by atoms with Gasteiger partial charge in [0.25, 0.3) is 0 Å². The molecule has 0 saturated heterocycles. The predicted octanol–water partition coefficient (Wildman–Crippen LogP) is 2.42. The van der Waals surface area contributed by atoms with E-state index in [-0.39, 0.29) is 37.0 Å². The van der Waals surface area contributed by atoms with Gasteiger partial charge in [-0.2, -0.15) is 0 Å². The van der Waals surface area contributed by atoms with E-state index < -0.39 is 0 Å². The second-order valence-corrected chi connectivity index (χ2v) is 15.1. The molecule has 0 aromatic heterocycles. The molecule has 2 atom stereocenters. The first-order valence-electron chi connectivity index (χ1n) is 18.8. The molecule has 0 radical (unpaired) electrons. The van der Waals surface area contributed by atoms with Gasteiger partial charge in [0.1, 0.15) is 25.3 Å². The van der Waals surface area contributed by atoms with Crippen LogP contribution in [0, 0.1) is 0 Å². The van der Waals surface area contributed by atoms with Crippen LogP contribution in [0.1, 0.15) is 156 Å². The minimum absolute atomic E-state index is 0. The third-order valence-corrected chi connectivity index (χ3v) is 9.12. The van der Waals surface area contributed by atoms with E-state index >= 15 is 0 Å². The minimum atomic E-state index is -0.351. The van der Waals surface area contributed by atoms with Crippen molar-refractivity contribution in [2.24, 2.45) is 0 Å². The van der Waals surface area contributed by atoms with Crippen LogP contribution in [0.3, 0.4) is 0 Å². The van der Waals surface area contributed by atoms with E-state index in [4.69, 9.17) is 0 Å². The van der Waals surface area contributed by atoms with Crippen molar-refractivity contribution >= 4 is 0 Å². The van der Waals surface area contributed by atoms with Gasteiger partial charge in [0.2, 0.25) is 0 Å². The number of aliphatic hydroxyl groups excluding tert-OH is 2. The standard InChI is InChI=1S/C37H81N3O2.2ClH/c1-8-11-13-15-17-19-21-23-25-27-30-39(4,5)34-36(41)32-38(29-10-3)33-37(42)35-40(6,7)31-28-26-24-22-20-18-16-14-12-9-2;;/h36-37,41-42H,8-35H2,1-7H3;2*1H/q+2;;/p-2. The lowest BCUT2D eigenvalue weighted by molar-refractivity contribution is -0.893. The fraction of sp³-hybridized carbons (Fsp3) is 1.00. The summed E-state index contributed by atoms with van der Waals surface area (Å²) >= 11 is 0. The molecule has 0 aromatic rings. The fourth-order valence-electron chi connectivity index (χ4n) is 6.66. The molecule has 5 nitrogen and oxygen atoms in total. The molecule has 0 aliphatic rings. The monoisotopic (exact) mass is 670 g/mol. The van der Waals surface area contributed by atoms with Gasteiger partial charge in [-0.05, 0) is 38.6 Å². The van der Waals surface area contributed by atoms with Crippen molar-refractivity contribution < 1.29 is 44.0 Å². The van der Waals surface area contributed by atoms with E-state index in [0.29, 0.717) is 13.1 Å². The average molecular weight is 671 g/mol.